The minimum Gasteiger partial charge on any atom is -0.334 e. The number of para-hydroxylation sites is 1. The van der Waals surface area contributed by atoms with Crippen molar-refractivity contribution in [3.05, 3.63) is 64.2 Å². The SMILES string of the molecule is Cc1ccc(CNC(=O)Nc2c(C)cccc2C(C)C)c(C)c1. The first-order chi connectivity index (χ1) is 10.9. The minimum absolute atomic E-state index is 0.166. The summed E-state index contributed by atoms with van der Waals surface area (Å²) in [5.41, 5.74) is 6.73. The van der Waals surface area contributed by atoms with Crippen LogP contribution in [0.25, 0.3) is 0 Å². The van der Waals surface area contributed by atoms with Crippen LogP contribution in [0.3, 0.4) is 0 Å². The van der Waals surface area contributed by atoms with Gasteiger partial charge in [0.25, 0.3) is 0 Å². The molecule has 2 amide bonds. The molecule has 0 saturated carbocycles. The lowest BCUT2D eigenvalue weighted by Crippen LogP contribution is -2.29. The molecule has 0 radical (unpaired) electrons. The molecular formula is C20H26N2O. The summed E-state index contributed by atoms with van der Waals surface area (Å²) in [6.07, 6.45) is 0. The lowest BCUT2D eigenvalue weighted by atomic mass is 9.98. The Balaban J connectivity index is 2.06. The second-order valence-corrected chi connectivity index (χ2v) is 6.43. The van der Waals surface area contributed by atoms with Crippen LogP contribution in [0, 0.1) is 20.8 Å². The maximum absolute atomic E-state index is 12.3. The van der Waals surface area contributed by atoms with E-state index in [1.54, 1.807) is 0 Å². The Kier molecular flexibility index (Phi) is 5.43. The zero-order chi connectivity index (χ0) is 17.0. The molecule has 0 atom stereocenters. The molecule has 0 aliphatic heterocycles. The van der Waals surface area contributed by atoms with Crippen molar-refractivity contribution in [1.82, 2.24) is 5.32 Å². The largest absolute Gasteiger partial charge is 0.334 e. The number of benzene rings is 2. The van der Waals surface area contributed by atoms with Crippen molar-refractivity contribution in [2.75, 3.05) is 5.32 Å². The zero-order valence-electron chi connectivity index (χ0n) is 14.7. The fourth-order valence-corrected chi connectivity index (χ4v) is 2.72. The molecular weight excluding hydrogens is 284 g/mol. The summed E-state index contributed by atoms with van der Waals surface area (Å²) in [6.45, 7) is 11.0. The highest BCUT2D eigenvalue weighted by Gasteiger charge is 2.12. The first-order valence-electron chi connectivity index (χ1n) is 8.09. The molecule has 122 valence electrons. The second-order valence-electron chi connectivity index (χ2n) is 6.43. The highest BCUT2D eigenvalue weighted by Crippen LogP contribution is 2.27. The van der Waals surface area contributed by atoms with Crippen molar-refractivity contribution < 1.29 is 4.79 Å². The summed E-state index contributed by atoms with van der Waals surface area (Å²) in [7, 11) is 0. The Morgan fingerprint density at radius 2 is 1.78 bits per heavy atom. The molecule has 2 aromatic carbocycles. The van der Waals surface area contributed by atoms with E-state index < -0.39 is 0 Å². The monoisotopic (exact) mass is 310 g/mol. The summed E-state index contributed by atoms with van der Waals surface area (Å²) >= 11 is 0. The van der Waals surface area contributed by atoms with E-state index in [-0.39, 0.29) is 6.03 Å². The van der Waals surface area contributed by atoms with E-state index in [2.05, 4.69) is 62.6 Å². The fourth-order valence-electron chi connectivity index (χ4n) is 2.72. The first kappa shape index (κ1) is 17.1. The zero-order valence-corrected chi connectivity index (χ0v) is 14.7. The number of carbonyl (C=O) groups excluding carboxylic acids is 1. The van der Waals surface area contributed by atoms with Crippen LogP contribution in [-0.2, 0) is 6.54 Å². The van der Waals surface area contributed by atoms with E-state index in [9.17, 15) is 4.79 Å². The number of anilines is 1. The average molecular weight is 310 g/mol. The van der Waals surface area contributed by atoms with Gasteiger partial charge in [-0.2, -0.15) is 0 Å². The molecule has 2 rings (SSSR count). The van der Waals surface area contributed by atoms with Gasteiger partial charge in [-0.3, -0.25) is 0 Å². The minimum atomic E-state index is -0.166. The van der Waals surface area contributed by atoms with Crippen molar-refractivity contribution in [2.24, 2.45) is 0 Å². The summed E-state index contributed by atoms with van der Waals surface area (Å²) in [5.74, 6) is 0.365. The summed E-state index contributed by atoms with van der Waals surface area (Å²) in [5, 5.41) is 5.96. The number of urea groups is 1. The number of aryl methyl sites for hydroxylation is 3. The van der Waals surface area contributed by atoms with E-state index in [4.69, 9.17) is 0 Å². The van der Waals surface area contributed by atoms with Gasteiger partial charge in [-0.1, -0.05) is 55.8 Å². The molecule has 2 N–H and O–H groups in total. The van der Waals surface area contributed by atoms with Crippen molar-refractivity contribution >= 4 is 11.7 Å². The van der Waals surface area contributed by atoms with Crippen LogP contribution in [0.5, 0.6) is 0 Å². The standard InChI is InChI=1S/C20H26N2O/c1-13(2)18-8-6-7-15(4)19(18)22-20(23)21-12-17-10-9-14(3)11-16(17)5/h6-11,13H,12H2,1-5H3,(H2,21,22,23). The molecule has 0 aliphatic carbocycles. The average Bonchev–Trinajstić information content (AvgIpc) is 2.48. The molecule has 0 bridgehead atoms. The Labute approximate surface area is 139 Å². The van der Waals surface area contributed by atoms with Crippen molar-refractivity contribution in [2.45, 2.75) is 47.1 Å². The molecule has 23 heavy (non-hydrogen) atoms. The highest BCUT2D eigenvalue weighted by atomic mass is 16.2. The maximum Gasteiger partial charge on any atom is 0.319 e. The Hall–Kier alpha value is -2.29. The molecule has 0 heterocycles. The summed E-state index contributed by atoms with van der Waals surface area (Å²) < 4.78 is 0. The predicted molar refractivity (Wildman–Crippen MR) is 97.0 cm³/mol. The number of rotatable bonds is 4. The summed E-state index contributed by atoms with van der Waals surface area (Å²) in [4.78, 5) is 12.3. The van der Waals surface area contributed by atoms with E-state index in [1.807, 2.05) is 19.1 Å². The number of nitrogens with one attached hydrogen (secondary N) is 2. The topological polar surface area (TPSA) is 41.1 Å². The lowest BCUT2D eigenvalue weighted by Gasteiger charge is -2.17. The van der Waals surface area contributed by atoms with Crippen LogP contribution in [0.1, 0.15) is 47.6 Å². The molecule has 0 fully saturated rings. The van der Waals surface area contributed by atoms with E-state index in [0.29, 0.717) is 12.5 Å². The molecule has 3 nitrogen and oxygen atoms in total. The smallest absolute Gasteiger partial charge is 0.319 e. The van der Waals surface area contributed by atoms with Crippen LogP contribution in [-0.4, -0.2) is 6.03 Å². The Morgan fingerprint density at radius 3 is 2.43 bits per heavy atom. The first-order valence-corrected chi connectivity index (χ1v) is 8.09. The predicted octanol–water partition coefficient (Wildman–Crippen LogP) is 5.06. The van der Waals surface area contributed by atoms with E-state index in [1.165, 1.54) is 11.1 Å². The molecule has 3 heteroatoms. The van der Waals surface area contributed by atoms with Crippen molar-refractivity contribution in [3.63, 3.8) is 0 Å². The quantitative estimate of drug-likeness (QED) is 0.814. The second kappa shape index (κ2) is 7.32. The third kappa shape index (κ3) is 4.35. The van der Waals surface area contributed by atoms with Crippen LogP contribution in [0.2, 0.25) is 0 Å². The lowest BCUT2D eigenvalue weighted by molar-refractivity contribution is 0.251. The van der Waals surface area contributed by atoms with Crippen molar-refractivity contribution in [1.29, 1.82) is 0 Å². The van der Waals surface area contributed by atoms with Gasteiger partial charge in [0, 0.05) is 12.2 Å². The molecule has 0 saturated heterocycles. The highest BCUT2D eigenvalue weighted by molar-refractivity contribution is 5.91. The molecule has 0 aliphatic rings. The van der Waals surface area contributed by atoms with Gasteiger partial charge >= 0.3 is 6.03 Å². The van der Waals surface area contributed by atoms with Gasteiger partial charge in [-0.25, -0.2) is 4.79 Å². The maximum atomic E-state index is 12.3. The number of hydrogen-bond donors (Lipinski definition) is 2. The molecule has 0 aromatic heterocycles. The Morgan fingerprint density at radius 1 is 1.04 bits per heavy atom. The van der Waals surface area contributed by atoms with Gasteiger partial charge in [0.15, 0.2) is 0 Å². The van der Waals surface area contributed by atoms with E-state index >= 15 is 0 Å². The van der Waals surface area contributed by atoms with Crippen LogP contribution >= 0.6 is 0 Å². The molecule has 2 aromatic rings. The van der Waals surface area contributed by atoms with Gasteiger partial charge in [0.1, 0.15) is 0 Å². The normalized spacial score (nSPS) is 10.7. The number of amides is 2. The van der Waals surface area contributed by atoms with E-state index in [0.717, 1.165) is 22.4 Å². The van der Waals surface area contributed by atoms with Crippen molar-refractivity contribution in [3.8, 4) is 0 Å². The van der Waals surface area contributed by atoms with Crippen LogP contribution < -0.4 is 10.6 Å². The van der Waals surface area contributed by atoms with Gasteiger partial charge in [-0.15, -0.1) is 0 Å². The number of hydrogen-bond acceptors (Lipinski definition) is 1. The number of carbonyl (C=O) groups is 1. The van der Waals surface area contributed by atoms with Crippen LogP contribution in [0.4, 0.5) is 10.5 Å². The molecule has 0 spiro atoms. The molecule has 0 unspecified atom stereocenters. The van der Waals surface area contributed by atoms with Gasteiger partial charge < -0.3 is 10.6 Å². The van der Waals surface area contributed by atoms with Gasteiger partial charge in [-0.05, 0) is 48.9 Å². The third-order valence-corrected chi connectivity index (χ3v) is 4.10. The third-order valence-electron chi connectivity index (χ3n) is 4.10. The van der Waals surface area contributed by atoms with Crippen LogP contribution in [0.15, 0.2) is 36.4 Å². The van der Waals surface area contributed by atoms with Gasteiger partial charge in [0.05, 0.1) is 0 Å². The Bertz CT molecular complexity index is 705. The fraction of sp³-hybridized carbons (Fsp3) is 0.350. The van der Waals surface area contributed by atoms with Gasteiger partial charge in [0.2, 0.25) is 0 Å². The summed E-state index contributed by atoms with van der Waals surface area (Å²) in [6, 6.07) is 12.2.